The molecule has 0 spiro atoms. The van der Waals surface area contributed by atoms with Crippen molar-refractivity contribution in [3.8, 4) is 11.1 Å². The predicted octanol–water partition coefficient (Wildman–Crippen LogP) is 4.26. The van der Waals surface area contributed by atoms with Crippen LogP contribution in [0, 0.1) is 5.82 Å². The third-order valence-corrected chi connectivity index (χ3v) is 3.35. The van der Waals surface area contributed by atoms with Gasteiger partial charge in [-0.05, 0) is 17.7 Å². The van der Waals surface area contributed by atoms with Crippen molar-refractivity contribution in [2.45, 2.75) is 6.54 Å². The van der Waals surface area contributed by atoms with Crippen molar-refractivity contribution in [1.29, 1.82) is 0 Å². The number of rotatable bonds is 2. The van der Waals surface area contributed by atoms with Crippen molar-refractivity contribution in [2.24, 2.45) is 5.73 Å². The maximum atomic E-state index is 13.6. The molecule has 0 unspecified atom stereocenters. The monoisotopic (exact) mass is 269 g/mol. The van der Waals surface area contributed by atoms with Gasteiger partial charge in [-0.2, -0.15) is 0 Å². The lowest BCUT2D eigenvalue weighted by atomic mass is 10.0. The summed E-state index contributed by atoms with van der Waals surface area (Å²) >= 11 is 12.0. The van der Waals surface area contributed by atoms with Gasteiger partial charge in [-0.3, -0.25) is 0 Å². The maximum Gasteiger partial charge on any atom is 0.128 e. The molecule has 0 saturated heterocycles. The van der Waals surface area contributed by atoms with Crippen LogP contribution in [0.25, 0.3) is 11.1 Å². The Labute approximate surface area is 109 Å². The van der Waals surface area contributed by atoms with Crippen LogP contribution in [0.15, 0.2) is 36.4 Å². The highest BCUT2D eigenvalue weighted by Gasteiger charge is 2.09. The van der Waals surface area contributed by atoms with Gasteiger partial charge < -0.3 is 5.73 Å². The predicted molar refractivity (Wildman–Crippen MR) is 69.7 cm³/mol. The van der Waals surface area contributed by atoms with Crippen molar-refractivity contribution in [1.82, 2.24) is 0 Å². The van der Waals surface area contributed by atoms with Crippen LogP contribution in [0.1, 0.15) is 5.56 Å². The number of benzene rings is 2. The second-order valence-electron chi connectivity index (χ2n) is 3.61. The Morgan fingerprint density at radius 1 is 1.12 bits per heavy atom. The molecule has 0 heterocycles. The van der Waals surface area contributed by atoms with E-state index in [1.54, 1.807) is 30.3 Å². The molecule has 0 aromatic heterocycles. The third kappa shape index (κ3) is 2.44. The Kier molecular flexibility index (Phi) is 3.67. The van der Waals surface area contributed by atoms with Crippen LogP contribution in [0.4, 0.5) is 4.39 Å². The van der Waals surface area contributed by atoms with Crippen molar-refractivity contribution in [2.75, 3.05) is 0 Å². The van der Waals surface area contributed by atoms with Crippen LogP contribution in [0.3, 0.4) is 0 Å². The lowest BCUT2D eigenvalue weighted by molar-refractivity contribution is 0.611. The average Bonchev–Trinajstić information content (AvgIpc) is 2.32. The van der Waals surface area contributed by atoms with E-state index in [1.807, 2.05) is 0 Å². The molecule has 2 aromatic carbocycles. The summed E-state index contributed by atoms with van der Waals surface area (Å²) in [6.45, 7) is 0.176. The number of hydrogen-bond donors (Lipinski definition) is 1. The van der Waals surface area contributed by atoms with E-state index >= 15 is 0 Å². The van der Waals surface area contributed by atoms with Gasteiger partial charge in [0.15, 0.2) is 0 Å². The second-order valence-corrected chi connectivity index (χ2v) is 4.40. The fraction of sp³-hybridized carbons (Fsp3) is 0.0769. The summed E-state index contributed by atoms with van der Waals surface area (Å²) in [7, 11) is 0. The highest BCUT2D eigenvalue weighted by Crippen LogP contribution is 2.33. The molecule has 0 aliphatic heterocycles. The third-order valence-electron chi connectivity index (χ3n) is 2.54. The summed E-state index contributed by atoms with van der Waals surface area (Å²) in [5, 5.41) is 0.876. The number of hydrogen-bond acceptors (Lipinski definition) is 1. The molecule has 0 amide bonds. The van der Waals surface area contributed by atoms with Crippen LogP contribution in [0.2, 0.25) is 10.0 Å². The summed E-state index contributed by atoms with van der Waals surface area (Å²) in [4.78, 5) is 0. The standard InChI is InChI=1S/C13H10Cl2FN/c14-11-3-1-2-10(13(11)15)8-4-5-9(7-17)12(16)6-8/h1-6H,7,17H2. The van der Waals surface area contributed by atoms with Gasteiger partial charge in [0.25, 0.3) is 0 Å². The van der Waals surface area contributed by atoms with E-state index in [2.05, 4.69) is 0 Å². The molecule has 17 heavy (non-hydrogen) atoms. The maximum absolute atomic E-state index is 13.6. The van der Waals surface area contributed by atoms with Gasteiger partial charge in [0, 0.05) is 17.7 Å². The zero-order valence-corrected chi connectivity index (χ0v) is 10.4. The van der Waals surface area contributed by atoms with Crippen LogP contribution in [0.5, 0.6) is 0 Å². The van der Waals surface area contributed by atoms with Crippen LogP contribution in [-0.2, 0) is 6.54 Å². The zero-order valence-electron chi connectivity index (χ0n) is 8.88. The van der Waals surface area contributed by atoms with E-state index in [1.165, 1.54) is 6.07 Å². The highest BCUT2D eigenvalue weighted by atomic mass is 35.5. The Balaban J connectivity index is 2.54. The first kappa shape index (κ1) is 12.4. The second kappa shape index (κ2) is 5.05. The molecule has 0 radical (unpaired) electrons. The van der Waals surface area contributed by atoms with E-state index in [0.717, 1.165) is 0 Å². The van der Waals surface area contributed by atoms with Crippen molar-refractivity contribution in [3.63, 3.8) is 0 Å². The minimum absolute atomic E-state index is 0.176. The largest absolute Gasteiger partial charge is 0.326 e. The molecular formula is C13H10Cl2FN. The Morgan fingerprint density at radius 2 is 1.88 bits per heavy atom. The first-order valence-corrected chi connectivity index (χ1v) is 5.82. The van der Waals surface area contributed by atoms with Crippen molar-refractivity contribution in [3.05, 3.63) is 57.8 Å². The fourth-order valence-corrected chi connectivity index (χ4v) is 2.02. The summed E-state index contributed by atoms with van der Waals surface area (Å²) in [5.41, 5.74) is 7.28. The molecule has 88 valence electrons. The van der Waals surface area contributed by atoms with Crippen LogP contribution in [-0.4, -0.2) is 0 Å². The fourth-order valence-electron chi connectivity index (χ4n) is 1.61. The van der Waals surface area contributed by atoms with Crippen molar-refractivity contribution >= 4 is 23.2 Å². The van der Waals surface area contributed by atoms with E-state index in [4.69, 9.17) is 28.9 Å². The minimum atomic E-state index is -0.332. The van der Waals surface area contributed by atoms with Gasteiger partial charge in [-0.15, -0.1) is 0 Å². The van der Waals surface area contributed by atoms with Gasteiger partial charge in [0.1, 0.15) is 5.82 Å². The molecule has 2 rings (SSSR count). The highest BCUT2D eigenvalue weighted by molar-refractivity contribution is 6.43. The Hall–Kier alpha value is -1.09. The lowest BCUT2D eigenvalue weighted by Gasteiger charge is -2.07. The summed E-state index contributed by atoms with van der Waals surface area (Å²) < 4.78 is 13.6. The molecular weight excluding hydrogens is 260 g/mol. The Bertz CT molecular complexity index is 555. The van der Waals surface area contributed by atoms with E-state index in [0.29, 0.717) is 26.7 Å². The number of nitrogens with two attached hydrogens (primary N) is 1. The van der Waals surface area contributed by atoms with Crippen molar-refractivity contribution < 1.29 is 4.39 Å². The van der Waals surface area contributed by atoms with Gasteiger partial charge >= 0.3 is 0 Å². The average molecular weight is 270 g/mol. The quantitative estimate of drug-likeness (QED) is 0.866. The first-order valence-electron chi connectivity index (χ1n) is 5.06. The Morgan fingerprint density at radius 3 is 2.53 bits per heavy atom. The SMILES string of the molecule is NCc1ccc(-c2cccc(Cl)c2Cl)cc1F. The van der Waals surface area contributed by atoms with E-state index < -0.39 is 0 Å². The van der Waals surface area contributed by atoms with Crippen LogP contribution < -0.4 is 5.73 Å². The molecule has 1 nitrogen and oxygen atoms in total. The molecule has 4 heteroatoms. The molecule has 2 aromatic rings. The zero-order chi connectivity index (χ0) is 12.4. The summed E-state index contributed by atoms with van der Waals surface area (Å²) in [6.07, 6.45) is 0. The first-order chi connectivity index (χ1) is 8.13. The molecule has 0 aliphatic carbocycles. The van der Waals surface area contributed by atoms with Gasteiger partial charge in [-0.25, -0.2) is 4.39 Å². The topological polar surface area (TPSA) is 26.0 Å². The molecule has 0 aliphatic rings. The van der Waals surface area contributed by atoms with Gasteiger partial charge in [0.05, 0.1) is 10.0 Å². The molecule has 2 N–H and O–H groups in total. The van der Waals surface area contributed by atoms with E-state index in [9.17, 15) is 4.39 Å². The van der Waals surface area contributed by atoms with Crippen LogP contribution >= 0.6 is 23.2 Å². The molecule has 0 saturated carbocycles. The smallest absolute Gasteiger partial charge is 0.128 e. The van der Waals surface area contributed by atoms with Gasteiger partial charge in [0.2, 0.25) is 0 Å². The van der Waals surface area contributed by atoms with E-state index in [-0.39, 0.29) is 12.4 Å². The lowest BCUT2D eigenvalue weighted by Crippen LogP contribution is -1.99. The molecule has 0 fully saturated rings. The summed E-state index contributed by atoms with van der Waals surface area (Å²) in [6, 6.07) is 10.1. The molecule has 0 bridgehead atoms. The molecule has 0 atom stereocenters. The number of halogens is 3. The minimum Gasteiger partial charge on any atom is -0.326 e. The normalized spacial score (nSPS) is 10.6. The van der Waals surface area contributed by atoms with Gasteiger partial charge in [-0.1, -0.05) is 47.5 Å². The summed E-state index contributed by atoms with van der Waals surface area (Å²) in [5.74, 6) is -0.332.